The lowest BCUT2D eigenvalue weighted by Gasteiger charge is -2.29. The van der Waals surface area contributed by atoms with Gasteiger partial charge in [0.15, 0.2) is 0 Å². The van der Waals surface area contributed by atoms with Crippen molar-refractivity contribution in [3.8, 4) is 11.9 Å². The van der Waals surface area contributed by atoms with Crippen LogP contribution in [0.1, 0.15) is 41.6 Å². The summed E-state index contributed by atoms with van der Waals surface area (Å²) >= 11 is 0. The fraction of sp³-hybridized carbons (Fsp3) is 0.316. The molecule has 8 nitrogen and oxygen atoms in total. The van der Waals surface area contributed by atoms with Crippen LogP contribution in [0, 0.1) is 21.4 Å². The summed E-state index contributed by atoms with van der Waals surface area (Å²) in [5.74, 6) is 0.0434. The Bertz CT molecular complexity index is 868. The minimum absolute atomic E-state index is 0.00958. The first-order chi connectivity index (χ1) is 13.1. The third-order valence-electron chi connectivity index (χ3n) is 4.51. The van der Waals surface area contributed by atoms with E-state index in [9.17, 15) is 14.9 Å². The highest BCUT2D eigenvalue weighted by atomic mass is 16.6. The number of ether oxygens (including phenoxy) is 1. The maximum atomic E-state index is 12.4. The Hall–Kier alpha value is -3.47. The number of rotatable bonds is 5. The van der Waals surface area contributed by atoms with Gasteiger partial charge in [0.2, 0.25) is 5.88 Å². The molecule has 1 heterocycles. The molecule has 1 N–H and O–H groups in total. The van der Waals surface area contributed by atoms with Gasteiger partial charge in [-0.1, -0.05) is 12.1 Å². The SMILES string of the molecule is N#Cc1ccc(OC2CCC(NC(=O)c3ccccc3[N+](=O)[O-])CC2)nc1. The summed E-state index contributed by atoms with van der Waals surface area (Å²) < 4.78 is 5.82. The van der Waals surface area contributed by atoms with Crippen molar-refractivity contribution in [2.24, 2.45) is 0 Å². The van der Waals surface area contributed by atoms with E-state index in [-0.39, 0.29) is 23.4 Å². The molecule has 1 aromatic heterocycles. The van der Waals surface area contributed by atoms with Gasteiger partial charge in [0.05, 0.1) is 10.5 Å². The van der Waals surface area contributed by atoms with Gasteiger partial charge < -0.3 is 10.1 Å². The van der Waals surface area contributed by atoms with Gasteiger partial charge in [0, 0.05) is 24.4 Å². The Morgan fingerprint density at radius 2 is 1.96 bits per heavy atom. The highest BCUT2D eigenvalue weighted by molar-refractivity contribution is 5.98. The van der Waals surface area contributed by atoms with Crippen LogP contribution in [0.5, 0.6) is 5.88 Å². The largest absolute Gasteiger partial charge is 0.474 e. The number of hydrogen-bond acceptors (Lipinski definition) is 6. The molecule has 1 aromatic carbocycles. The molecular weight excluding hydrogens is 348 g/mol. The topological polar surface area (TPSA) is 118 Å². The fourth-order valence-electron chi connectivity index (χ4n) is 3.10. The number of pyridine rings is 1. The van der Waals surface area contributed by atoms with Crippen molar-refractivity contribution in [1.82, 2.24) is 10.3 Å². The van der Waals surface area contributed by atoms with Crippen LogP contribution < -0.4 is 10.1 Å². The van der Waals surface area contributed by atoms with Crippen molar-refractivity contribution in [2.45, 2.75) is 37.8 Å². The van der Waals surface area contributed by atoms with Crippen LogP contribution in [0.25, 0.3) is 0 Å². The predicted octanol–water partition coefficient (Wildman–Crippen LogP) is 2.98. The molecular formula is C19H18N4O4. The average Bonchev–Trinajstić information content (AvgIpc) is 2.70. The second-order valence-electron chi connectivity index (χ2n) is 6.34. The maximum Gasteiger partial charge on any atom is 0.282 e. The first kappa shape index (κ1) is 18.3. The minimum atomic E-state index is -0.551. The van der Waals surface area contributed by atoms with E-state index in [0.29, 0.717) is 24.3 Å². The molecule has 1 saturated carbocycles. The number of nitro benzene ring substituents is 1. The number of nitro groups is 1. The summed E-state index contributed by atoms with van der Waals surface area (Å²) in [6, 6.07) is 11.2. The first-order valence-corrected chi connectivity index (χ1v) is 8.64. The second kappa shape index (κ2) is 8.27. The monoisotopic (exact) mass is 366 g/mol. The Morgan fingerprint density at radius 3 is 2.59 bits per heavy atom. The van der Waals surface area contributed by atoms with Gasteiger partial charge in [0.25, 0.3) is 11.6 Å². The zero-order valence-electron chi connectivity index (χ0n) is 14.5. The third kappa shape index (κ3) is 4.58. The van der Waals surface area contributed by atoms with Gasteiger partial charge in [-0.2, -0.15) is 5.26 Å². The Balaban J connectivity index is 1.53. The maximum absolute atomic E-state index is 12.4. The molecule has 0 bridgehead atoms. The van der Waals surface area contributed by atoms with Crippen LogP contribution in [-0.2, 0) is 0 Å². The molecule has 8 heteroatoms. The van der Waals surface area contributed by atoms with Gasteiger partial charge in [0.1, 0.15) is 17.7 Å². The van der Waals surface area contributed by atoms with E-state index < -0.39 is 10.8 Å². The Kier molecular flexibility index (Phi) is 5.61. The number of nitriles is 1. The molecule has 0 unspecified atom stereocenters. The number of benzene rings is 1. The Morgan fingerprint density at radius 1 is 1.22 bits per heavy atom. The normalized spacial score (nSPS) is 18.9. The van der Waals surface area contributed by atoms with Crippen LogP contribution in [0.3, 0.4) is 0 Å². The zero-order chi connectivity index (χ0) is 19.2. The molecule has 2 aromatic rings. The molecule has 0 spiro atoms. The number of nitrogens with one attached hydrogen (secondary N) is 1. The summed E-state index contributed by atoms with van der Waals surface area (Å²) in [5, 5.41) is 22.7. The predicted molar refractivity (Wildman–Crippen MR) is 96.2 cm³/mol. The van der Waals surface area contributed by atoms with E-state index in [4.69, 9.17) is 10.00 Å². The lowest BCUT2D eigenvalue weighted by atomic mass is 9.92. The molecule has 0 aliphatic heterocycles. The number of carbonyl (C=O) groups excluding carboxylic acids is 1. The molecule has 1 fully saturated rings. The number of aromatic nitrogens is 1. The van der Waals surface area contributed by atoms with E-state index in [1.165, 1.54) is 24.4 Å². The smallest absolute Gasteiger partial charge is 0.282 e. The van der Waals surface area contributed by atoms with Crippen LogP contribution in [-0.4, -0.2) is 28.0 Å². The number of amides is 1. The summed E-state index contributed by atoms with van der Waals surface area (Å²) in [6.45, 7) is 0. The van der Waals surface area contributed by atoms with Crippen molar-refractivity contribution >= 4 is 11.6 Å². The minimum Gasteiger partial charge on any atom is -0.474 e. The molecule has 1 aliphatic carbocycles. The molecule has 27 heavy (non-hydrogen) atoms. The molecule has 0 atom stereocenters. The summed E-state index contributed by atoms with van der Waals surface area (Å²) in [4.78, 5) is 27.0. The van der Waals surface area contributed by atoms with Crippen molar-refractivity contribution in [1.29, 1.82) is 5.26 Å². The van der Waals surface area contributed by atoms with Gasteiger partial charge in [-0.3, -0.25) is 14.9 Å². The van der Waals surface area contributed by atoms with Gasteiger partial charge in [-0.15, -0.1) is 0 Å². The molecule has 3 rings (SSSR count). The van der Waals surface area contributed by atoms with E-state index in [1.807, 2.05) is 6.07 Å². The molecule has 0 saturated heterocycles. The quantitative estimate of drug-likeness (QED) is 0.642. The van der Waals surface area contributed by atoms with Crippen LogP contribution in [0.4, 0.5) is 5.69 Å². The van der Waals surface area contributed by atoms with E-state index in [0.717, 1.165) is 12.8 Å². The van der Waals surface area contributed by atoms with Crippen molar-refractivity contribution in [3.63, 3.8) is 0 Å². The first-order valence-electron chi connectivity index (χ1n) is 8.64. The second-order valence-corrected chi connectivity index (χ2v) is 6.34. The van der Waals surface area contributed by atoms with E-state index in [1.54, 1.807) is 18.2 Å². The summed E-state index contributed by atoms with van der Waals surface area (Å²) in [7, 11) is 0. The average molecular weight is 366 g/mol. The van der Waals surface area contributed by atoms with Gasteiger partial charge in [-0.05, 0) is 37.8 Å². The lowest BCUT2D eigenvalue weighted by molar-refractivity contribution is -0.385. The Labute approximate surface area is 155 Å². The fourth-order valence-corrected chi connectivity index (χ4v) is 3.10. The number of carbonyl (C=O) groups is 1. The van der Waals surface area contributed by atoms with Crippen molar-refractivity contribution in [2.75, 3.05) is 0 Å². The van der Waals surface area contributed by atoms with E-state index >= 15 is 0 Å². The number of nitrogens with zero attached hydrogens (tertiary/aromatic N) is 3. The summed E-state index contributed by atoms with van der Waals surface area (Å²) in [5.41, 5.74) is 0.352. The standard InChI is InChI=1S/C19H18N4O4/c20-11-13-5-10-18(21-12-13)27-15-8-6-14(7-9-15)22-19(24)16-3-1-2-4-17(16)23(25)26/h1-5,10,12,14-15H,6-9H2,(H,22,24). The zero-order valence-corrected chi connectivity index (χ0v) is 14.5. The van der Waals surface area contributed by atoms with E-state index in [2.05, 4.69) is 10.3 Å². The highest BCUT2D eigenvalue weighted by Crippen LogP contribution is 2.24. The lowest BCUT2D eigenvalue weighted by Crippen LogP contribution is -2.39. The molecule has 1 aliphatic rings. The van der Waals surface area contributed by atoms with Crippen LogP contribution in [0.2, 0.25) is 0 Å². The highest BCUT2D eigenvalue weighted by Gasteiger charge is 2.26. The molecule has 138 valence electrons. The molecule has 1 amide bonds. The summed E-state index contributed by atoms with van der Waals surface area (Å²) in [6.07, 6.45) is 4.37. The third-order valence-corrected chi connectivity index (χ3v) is 4.51. The van der Waals surface area contributed by atoms with Crippen molar-refractivity contribution in [3.05, 3.63) is 63.8 Å². The van der Waals surface area contributed by atoms with Crippen LogP contribution >= 0.6 is 0 Å². The molecule has 0 radical (unpaired) electrons. The van der Waals surface area contributed by atoms with Gasteiger partial charge in [-0.25, -0.2) is 4.98 Å². The van der Waals surface area contributed by atoms with Gasteiger partial charge >= 0.3 is 0 Å². The van der Waals surface area contributed by atoms with Crippen LogP contribution in [0.15, 0.2) is 42.6 Å². The number of hydrogen-bond donors (Lipinski definition) is 1. The van der Waals surface area contributed by atoms with Crippen molar-refractivity contribution < 1.29 is 14.5 Å². The number of para-hydroxylation sites is 1.